The van der Waals surface area contributed by atoms with Gasteiger partial charge in [0, 0.05) is 17.4 Å². The van der Waals surface area contributed by atoms with Crippen LogP contribution in [0.3, 0.4) is 0 Å². The van der Waals surface area contributed by atoms with Gasteiger partial charge in [0.1, 0.15) is 0 Å². The van der Waals surface area contributed by atoms with Crippen molar-refractivity contribution >= 4 is 5.78 Å². The maximum absolute atomic E-state index is 12.3. The summed E-state index contributed by atoms with van der Waals surface area (Å²) in [7, 11) is 0. The normalized spacial score (nSPS) is 21.9. The molecule has 105 valence electrons. The van der Waals surface area contributed by atoms with E-state index < -0.39 is 0 Å². The molecular weight excluding hydrogens is 244 g/mol. The molecular formula is C19H23O. The zero-order valence-electron chi connectivity index (χ0n) is 12.6. The Kier molecular flexibility index (Phi) is 4.27. The van der Waals surface area contributed by atoms with Crippen molar-refractivity contribution in [1.82, 2.24) is 0 Å². The molecule has 0 bridgehead atoms. The molecule has 0 aromatic heterocycles. The van der Waals surface area contributed by atoms with Crippen molar-refractivity contribution in [1.29, 1.82) is 0 Å². The minimum absolute atomic E-state index is 0.0355. The predicted octanol–water partition coefficient (Wildman–Crippen LogP) is 5.01. The molecule has 1 aliphatic carbocycles. The van der Waals surface area contributed by atoms with Crippen LogP contribution in [0.25, 0.3) is 0 Å². The molecule has 1 heteroatoms. The zero-order chi connectivity index (χ0) is 14.6. The summed E-state index contributed by atoms with van der Waals surface area (Å²) in [5, 5.41) is 0. The molecule has 1 aliphatic rings. The first-order chi connectivity index (χ1) is 9.45. The van der Waals surface area contributed by atoms with E-state index in [0.29, 0.717) is 6.42 Å². The Morgan fingerprint density at radius 1 is 1.05 bits per heavy atom. The van der Waals surface area contributed by atoms with Crippen LogP contribution >= 0.6 is 0 Å². The number of benzene rings is 1. The number of ketones is 1. The molecule has 1 atom stereocenters. The summed E-state index contributed by atoms with van der Waals surface area (Å²) < 4.78 is 0. The molecule has 0 fully saturated rings. The Balaban J connectivity index is 2.09. The molecule has 0 saturated heterocycles. The minimum atomic E-state index is -0.0355. The van der Waals surface area contributed by atoms with Crippen molar-refractivity contribution in [3.05, 3.63) is 66.6 Å². The summed E-state index contributed by atoms with van der Waals surface area (Å²) in [5.41, 5.74) is 0.879. The smallest absolute Gasteiger partial charge is 0.162 e. The van der Waals surface area contributed by atoms with Crippen LogP contribution < -0.4 is 0 Å². The Morgan fingerprint density at radius 2 is 1.75 bits per heavy atom. The molecule has 1 aromatic rings. The molecule has 0 amide bonds. The lowest BCUT2D eigenvalue weighted by Gasteiger charge is -2.43. The van der Waals surface area contributed by atoms with Gasteiger partial charge in [0.25, 0.3) is 0 Å². The zero-order valence-corrected chi connectivity index (χ0v) is 12.6. The Bertz CT molecular complexity index is 516. The van der Waals surface area contributed by atoms with E-state index in [1.807, 2.05) is 36.4 Å². The van der Waals surface area contributed by atoms with E-state index in [9.17, 15) is 4.79 Å². The van der Waals surface area contributed by atoms with Crippen LogP contribution in [0.5, 0.6) is 0 Å². The van der Waals surface area contributed by atoms with Crippen molar-refractivity contribution in [2.45, 2.75) is 33.6 Å². The predicted molar refractivity (Wildman–Crippen MR) is 84.5 cm³/mol. The van der Waals surface area contributed by atoms with Crippen LogP contribution in [0.2, 0.25) is 0 Å². The largest absolute Gasteiger partial charge is 0.294 e. The van der Waals surface area contributed by atoms with Crippen molar-refractivity contribution in [3.63, 3.8) is 0 Å². The van der Waals surface area contributed by atoms with E-state index in [0.717, 1.165) is 12.0 Å². The molecule has 2 rings (SSSR count). The fourth-order valence-electron chi connectivity index (χ4n) is 2.70. The molecule has 0 heterocycles. The van der Waals surface area contributed by atoms with Gasteiger partial charge in [-0.3, -0.25) is 4.79 Å². The standard InChI is InChI=1S/C19H23O/c1-18(2,3)19(13-8-5-9-14-19)15-12-17(20)16-10-6-4-7-11-16/h4-11,13-14H,12,15H2,1-3H3. The molecule has 0 spiro atoms. The highest BCUT2D eigenvalue weighted by Crippen LogP contribution is 2.47. The summed E-state index contributed by atoms with van der Waals surface area (Å²) in [6.07, 6.45) is 12.1. The molecule has 20 heavy (non-hydrogen) atoms. The lowest BCUT2D eigenvalue weighted by atomic mass is 9.61. The molecule has 1 aromatic carbocycles. The molecule has 1 radical (unpaired) electrons. The second-order valence-electron chi connectivity index (χ2n) is 6.49. The maximum atomic E-state index is 12.3. The summed E-state index contributed by atoms with van der Waals surface area (Å²) in [6, 6.07) is 9.57. The fraction of sp³-hybridized carbons (Fsp3) is 0.368. The van der Waals surface area contributed by atoms with E-state index in [2.05, 4.69) is 45.4 Å². The first-order valence-electron chi connectivity index (χ1n) is 7.23. The molecule has 0 aliphatic heterocycles. The third kappa shape index (κ3) is 3.09. The van der Waals surface area contributed by atoms with Gasteiger partial charge >= 0.3 is 0 Å². The lowest BCUT2D eigenvalue weighted by molar-refractivity contribution is 0.0940. The summed E-state index contributed by atoms with van der Waals surface area (Å²) in [4.78, 5) is 12.3. The monoisotopic (exact) mass is 267 g/mol. The number of hydrogen-bond donors (Lipinski definition) is 0. The number of allylic oxidation sites excluding steroid dienone is 4. The van der Waals surface area contributed by atoms with Crippen LogP contribution in [-0.4, -0.2) is 5.78 Å². The Morgan fingerprint density at radius 3 is 2.30 bits per heavy atom. The average Bonchev–Trinajstić information content (AvgIpc) is 2.45. The highest BCUT2D eigenvalue weighted by molar-refractivity contribution is 5.96. The van der Waals surface area contributed by atoms with Gasteiger partial charge in [-0.05, 0) is 18.3 Å². The van der Waals surface area contributed by atoms with Crippen molar-refractivity contribution in [3.8, 4) is 0 Å². The number of Topliss-reactive ketones (excluding diaryl/α,β-unsaturated/α-hetero) is 1. The van der Waals surface area contributed by atoms with Gasteiger partial charge in [-0.15, -0.1) is 0 Å². The van der Waals surface area contributed by atoms with Gasteiger partial charge < -0.3 is 0 Å². The topological polar surface area (TPSA) is 17.1 Å². The summed E-state index contributed by atoms with van der Waals surface area (Å²) in [6.45, 7) is 6.71. The second-order valence-corrected chi connectivity index (χ2v) is 6.49. The van der Waals surface area contributed by atoms with Crippen molar-refractivity contribution < 1.29 is 4.79 Å². The SMILES string of the molecule is CC(C)(C)C1(CCC(=O)c2ccccc2)[CH]C=CC=C1. The van der Waals surface area contributed by atoms with Crippen LogP contribution in [0.4, 0.5) is 0 Å². The lowest BCUT2D eigenvalue weighted by Crippen LogP contribution is -2.35. The highest BCUT2D eigenvalue weighted by atomic mass is 16.1. The molecule has 0 N–H and O–H groups in total. The van der Waals surface area contributed by atoms with Gasteiger partial charge in [0.15, 0.2) is 5.78 Å². The van der Waals surface area contributed by atoms with Gasteiger partial charge in [0.2, 0.25) is 0 Å². The molecule has 1 nitrogen and oxygen atoms in total. The van der Waals surface area contributed by atoms with Crippen LogP contribution in [0.15, 0.2) is 54.6 Å². The van der Waals surface area contributed by atoms with Crippen molar-refractivity contribution in [2.75, 3.05) is 0 Å². The van der Waals surface area contributed by atoms with E-state index in [1.165, 1.54) is 0 Å². The van der Waals surface area contributed by atoms with Gasteiger partial charge in [0.05, 0.1) is 0 Å². The number of rotatable bonds is 4. The average molecular weight is 267 g/mol. The van der Waals surface area contributed by atoms with E-state index >= 15 is 0 Å². The Labute approximate surface area is 122 Å². The third-order valence-corrected chi connectivity index (χ3v) is 4.27. The first-order valence-corrected chi connectivity index (χ1v) is 7.23. The number of carbonyl (C=O) groups excluding carboxylic acids is 1. The number of hydrogen-bond acceptors (Lipinski definition) is 1. The van der Waals surface area contributed by atoms with E-state index in [-0.39, 0.29) is 16.6 Å². The van der Waals surface area contributed by atoms with Crippen LogP contribution in [0, 0.1) is 17.3 Å². The van der Waals surface area contributed by atoms with Gasteiger partial charge in [-0.25, -0.2) is 0 Å². The number of carbonyl (C=O) groups is 1. The third-order valence-electron chi connectivity index (χ3n) is 4.27. The molecule has 0 saturated carbocycles. The highest BCUT2D eigenvalue weighted by Gasteiger charge is 2.39. The van der Waals surface area contributed by atoms with Crippen LogP contribution in [0.1, 0.15) is 44.0 Å². The quantitative estimate of drug-likeness (QED) is 0.701. The Hall–Kier alpha value is -1.63. The van der Waals surface area contributed by atoms with E-state index in [4.69, 9.17) is 0 Å². The second kappa shape index (κ2) is 5.78. The molecule has 1 unspecified atom stereocenters. The van der Waals surface area contributed by atoms with Crippen molar-refractivity contribution in [2.24, 2.45) is 10.8 Å². The van der Waals surface area contributed by atoms with Gasteiger partial charge in [-0.2, -0.15) is 0 Å². The maximum Gasteiger partial charge on any atom is 0.162 e. The minimum Gasteiger partial charge on any atom is -0.294 e. The van der Waals surface area contributed by atoms with Crippen LogP contribution in [-0.2, 0) is 0 Å². The fourth-order valence-corrected chi connectivity index (χ4v) is 2.70. The van der Waals surface area contributed by atoms with Gasteiger partial charge in [-0.1, -0.05) is 75.4 Å². The first kappa shape index (κ1) is 14.8. The van der Waals surface area contributed by atoms with E-state index in [1.54, 1.807) is 0 Å². The summed E-state index contributed by atoms with van der Waals surface area (Å²) >= 11 is 0. The summed E-state index contributed by atoms with van der Waals surface area (Å²) in [5.74, 6) is 0.227.